The van der Waals surface area contributed by atoms with Crippen molar-refractivity contribution in [3.8, 4) is 0 Å². The van der Waals surface area contributed by atoms with E-state index >= 15 is 0 Å². The van der Waals surface area contributed by atoms with E-state index in [1.54, 1.807) is 12.3 Å². The number of piperazine rings is 1. The van der Waals surface area contributed by atoms with Crippen molar-refractivity contribution in [1.82, 2.24) is 10.3 Å². The van der Waals surface area contributed by atoms with E-state index in [1.807, 2.05) is 19.1 Å². The summed E-state index contributed by atoms with van der Waals surface area (Å²) in [4.78, 5) is 17.3. The first-order valence-corrected chi connectivity index (χ1v) is 6.66. The van der Waals surface area contributed by atoms with E-state index in [0.29, 0.717) is 5.39 Å². The Labute approximate surface area is 116 Å². The summed E-state index contributed by atoms with van der Waals surface area (Å²) in [5.41, 5.74) is 2.04. The number of aryl methyl sites for hydroxylation is 1. The van der Waals surface area contributed by atoms with Crippen LogP contribution < -0.4 is 10.2 Å². The molecule has 2 heterocycles. The van der Waals surface area contributed by atoms with Crippen LogP contribution in [-0.4, -0.2) is 36.1 Å². The Morgan fingerprint density at radius 3 is 2.75 bits per heavy atom. The third-order valence-electron chi connectivity index (χ3n) is 3.65. The SMILES string of the molecule is Cc1cc2c(N3CCNCC3)ccc([N+](=O)[O-])c2cn1. The summed E-state index contributed by atoms with van der Waals surface area (Å²) in [6.07, 6.45) is 1.61. The van der Waals surface area contributed by atoms with E-state index < -0.39 is 0 Å². The molecule has 20 heavy (non-hydrogen) atoms. The molecule has 0 spiro atoms. The molecule has 1 aromatic carbocycles. The van der Waals surface area contributed by atoms with E-state index in [2.05, 4.69) is 15.2 Å². The smallest absolute Gasteiger partial charge is 0.278 e. The average molecular weight is 272 g/mol. The molecule has 6 nitrogen and oxygen atoms in total. The van der Waals surface area contributed by atoms with E-state index in [1.165, 1.54) is 0 Å². The zero-order valence-electron chi connectivity index (χ0n) is 11.3. The van der Waals surface area contributed by atoms with Gasteiger partial charge in [0.25, 0.3) is 5.69 Å². The first-order valence-electron chi connectivity index (χ1n) is 6.66. The predicted octanol–water partition coefficient (Wildman–Crippen LogP) is 1.86. The fourth-order valence-electron chi connectivity index (χ4n) is 2.65. The van der Waals surface area contributed by atoms with Gasteiger partial charge in [0, 0.05) is 55.2 Å². The van der Waals surface area contributed by atoms with Gasteiger partial charge in [0.05, 0.1) is 10.3 Å². The summed E-state index contributed by atoms with van der Waals surface area (Å²) in [6, 6.07) is 5.36. The Hall–Kier alpha value is -2.21. The molecule has 0 aliphatic carbocycles. The highest BCUT2D eigenvalue weighted by atomic mass is 16.6. The quantitative estimate of drug-likeness (QED) is 0.667. The fraction of sp³-hybridized carbons (Fsp3) is 0.357. The summed E-state index contributed by atoms with van der Waals surface area (Å²) in [7, 11) is 0. The summed E-state index contributed by atoms with van der Waals surface area (Å²) < 4.78 is 0. The first kappa shape index (κ1) is 12.8. The van der Waals surface area contributed by atoms with Crippen molar-refractivity contribution in [2.24, 2.45) is 0 Å². The highest BCUT2D eigenvalue weighted by molar-refractivity contribution is 5.99. The lowest BCUT2D eigenvalue weighted by atomic mass is 10.1. The van der Waals surface area contributed by atoms with Crippen molar-refractivity contribution in [2.45, 2.75) is 6.92 Å². The van der Waals surface area contributed by atoms with Gasteiger partial charge in [-0.05, 0) is 19.1 Å². The molecule has 0 atom stereocenters. The molecule has 6 heteroatoms. The number of anilines is 1. The minimum atomic E-state index is -0.346. The van der Waals surface area contributed by atoms with E-state index in [9.17, 15) is 10.1 Å². The molecule has 0 saturated carbocycles. The molecule has 1 aliphatic heterocycles. The van der Waals surface area contributed by atoms with Crippen molar-refractivity contribution in [2.75, 3.05) is 31.1 Å². The largest absolute Gasteiger partial charge is 0.368 e. The minimum Gasteiger partial charge on any atom is -0.368 e. The van der Waals surface area contributed by atoms with Gasteiger partial charge in [-0.2, -0.15) is 0 Å². The Kier molecular flexibility index (Phi) is 3.23. The van der Waals surface area contributed by atoms with Crippen LogP contribution in [0.4, 0.5) is 11.4 Å². The van der Waals surface area contributed by atoms with Crippen molar-refractivity contribution < 1.29 is 4.92 Å². The normalized spacial score (nSPS) is 15.6. The van der Waals surface area contributed by atoms with E-state index in [4.69, 9.17) is 0 Å². The molecule has 1 saturated heterocycles. The number of nitrogens with one attached hydrogen (secondary N) is 1. The zero-order chi connectivity index (χ0) is 14.1. The van der Waals surface area contributed by atoms with Crippen LogP contribution in [-0.2, 0) is 0 Å². The molecule has 0 bridgehead atoms. The molecular weight excluding hydrogens is 256 g/mol. The number of pyridine rings is 1. The van der Waals surface area contributed by atoms with Gasteiger partial charge in [-0.15, -0.1) is 0 Å². The van der Waals surface area contributed by atoms with E-state index in [-0.39, 0.29) is 10.6 Å². The van der Waals surface area contributed by atoms with Gasteiger partial charge in [-0.25, -0.2) is 0 Å². The maximum atomic E-state index is 11.1. The third kappa shape index (κ3) is 2.18. The maximum Gasteiger partial charge on any atom is 0.278 e. The lowest BCUT2D eigenvalue weighted by molar-refractivity contribution is -0.383. The van der Waals surface area contributed by atoms with Crippen LogP contribution >= 0.6 is 0 Å². The molecule has 1 aromatic heterocycles. The van der Waals surface area contributed by atoms with Gasteiger partial charge in [0.15, 0.2) is 0 Å². The highest BCUT2D eigenvalue weighted by Crippen LogP contribution is 2.33. The van der Waals surface area contributed by atoms with Crippen molar-refractivity contribution in [1.29, 1.82) is 0 Å². The number of benzene rings is 1. The van der Waals surface area contributed by atoms with Gasteiger partial charge in [-0.3, -0.25) is 15.1 Å². The van der Waals surface area contributed by atoms with Gasteiger partial charge >= 0.3 is 0 Å². The van der Waals surface area contributed by atoms with Crippen LogP contribution in [0.25, 0.3) is 10.8 Å². The van der Waals surface area contributed by atoms with Crippen LogP contribution in [0.1, 0.15) is 5.69 Å². The lowest BCUT2D eigenvalue weighted by Crippen LogP contribution is -2.43. The highest BCUT2D eigenvalue weighted by Gasteiger charge is 2.19. The molecule has 104 valence electrons. The summed E-state index contributed by atoms with van der Waals surface area (Å²) in [6.45, 7) is 5.59. The lowest BCUT2D eigenvalue weighted by Gasteiger charge is -2.30. The second kappa shape index (κ2) is 5.05. The van der Waals surface area contributed by atoms with Crippen molar-refractivity contribution in [3.63, 3.8) is 0 Å². The Morgan fingerprint density at radius 2 is 2.05 bits per heavy atom. The van der Waals surface area contributed by atoms with Crippen molar-refractivity contribution >= 4 is 22.1 Å². The molecule has 0 radical (unpaired) electrons. The second-order valence-electron chi connectivity index (χ2n) is 4.97. The van der Waals surface area contributed by atoms with Gasteiger partial charge in [0.2, 0.25) is 0 Å². The summed E-state index contributed by atoms with van der Waals surface area (Å²) in [5.74, 6) is 0. The number of rotatable bonds is 2. The number of hydrogen-bond acceptors (Lipinski definition) is 5. The Morgan fingerprint density at radius 1 is 1.30 bits per heavy atom. The van der Waals surface area contributed by atoms with E-state index in [0.717, 1.165) is 42.9 Å². The average Bonchev–Trinajstić information content (AvgIpc) is 2.46. The number of non-ortho nitro benzene ring substituents is 1. The fourth-order valence-corrected chi connectivity index (χ4v) is 2.65. The number of nitrogens with zero attached hydrogens (tertiary/aromatic N) is 3. The number of fused-ring (bicyclic) bond motifs is 1. The Balaban J connectivity index is 2.19. The standard InChI is InChI=1S/C14H16N4O2/c1-10-8-11-12(9-16-10)14(18(19)20)3-2-13(11)17-6-4-15-5-7-17/h2-3,8-9,15H,4-7H2,1H3. The van der Waals surface area contributed by atoms with Crippen LogP contribution in [0.2, 0.25) is 0 Å². The molecule has 1 fully saturated rings. The number of hydrogen-bond donors (Lipinski definition) is 1. The zero-order valence-corrected chi connectivity index (χ0v) is 11.3. The van der Waals surface area contributed by atoms with Crippen molar-refractivity contribution in [3.05, 3.63) is 40.2 Å². The molecule has 1 aliphatic rings. The number of nitro benzene ring substituents is 1. The first-order chi connectivity index (χ1) is 9.66. The van der Waals surface area contributed by atoms with Gasteiger partial charge in [0.1, 0.15) is 0 Å². The van der Waals surface area contributed by atoms with Crippen LogP contribution in [0.15, 0.2) is 24.4 Å². The van der Waals surface area contributed by atoms with Gasteiger partial charge in [-0.1, -0.05) is 0 Å². The Bertz CT molecular complexity index is 666. The maximum absolute atomic E-state index is 11.1. The predicted molar refractivity (Wildman–Crippen MR) is 78.2 cm³/mol. The summed E-state index contributed by atoms with van der Waals surface area (Å²) in [5, 5.41) is 16.0. The van der Waals surface area contributed by atoms with Crippen LogP contribution in [0.5, 0.6) is 0 Å². The molecule has 0 amide bonds. The van der Waals surface area contributed by atoms with Crippen LogP contribution in [0, 0.1) is 17.0 Å². The topological polar surface area (TPSA) is 71.3 Å². The second-order valence-corrected chi connectivity index (χ2v) is 4.97. The molecule has 0 unspecified atom stereocenters. The molecule has 2 aromatic rings. The molecule has 3 rings (SSSR count). The van der Waals surface area contributed by atoms with Crippen LogP contribution in [0.3, 0.4) is 0 Å². The third-order valence-corrected chi connectivity index (χ3v) is 3.65. The molecule has 1 N–H and O–H groups in total. The summed E-state index contributed by atoms with van der Waals surface area (Å²) >= 11 is 0. The van der Waals surface area contributed by atoms with Gasteiger partial charge < -0.3 is 10.2 Å². The molecular formula is C14H16N4O2. The number of aromatic nitrogens is 1. The number of nitro groups is 1. The minimum absolute atomic E-state index is 0.117. The monoisotopic (exact) mass is 272 g/mol.